The number of amides is 4. The fraction of sp³-hybridized carbons (Fsp3) is 0.472. The zero-order valence-corrected chi connectivity index (χ0v) is 28.7. The minimum absolute atomic E-state index is 0.00159. The molecule has 1 aliphatic rings. The normalized spacial score (nSPS) is 16.6. The zero-order valence-electron chi connectivity index (χ0n) is 28.7. The minimum Gasteiger partial charge on any atom is -0.480 e. The first-order chi connectivity index (χ1) is 24.3. The van der Waals surface area contributed by atoms with Crippen molar-refractivity contribution in [3.8, 4) is 0 Å². The highest BCUT2D eigenvalue weighted by atomic mass is 16.4. The van der Waals surface area contributed by atoms with Gasteiger partial charge in [-0.1, -0.05) is 44.0 Å². The molecule has 15 heteroatoms. The maximum atomic E-state index is 13.3. The highest BCUT2D eigenvalue weighted by Gasteiger charge is 2.32. The molecule has 4 amide bonds. The second kappa shape index (κ2) is 19.2. The van der Waals surface area contributed by atoms with Gasteiger partial charge in [-0.15, -0.1) is 0 Å². The van der Waals surface area contributed by atoms with Crippen molar-refractivity contribution in [2.75, 3.05) is 18.1 Å². The number of aliphatic carboxylic acids is 2. The van der Waals surface area contributed by atoms with Crippen molar-refractivity contribution in [3.05, 3.63) is 59.2 Å². The van der Waals surface area contributed by atoms with Crippen LogP contribution in [0.2, 0.25) is 0 Å². The molecule has 15 nitrogen and oxygen atoms in total. The molecule has 276 valence electrons. The van der Waals surface area contributed by atoms with Gasteiger partial charge in [-0.2, -0.15) is 0 Å². The Labute approximate surface area is 295 Å². The quantitative estimate of drug-likeness (QED) is 0.118. The van der Waals surface area contributed by atoms with Gasteiger partial charge in [-0.25, -0.2) is 14.4 Å². The molecule has 3 rings (SSSR count). The van der Waals surface area contributed by atoms with Crippen LogP contribution in [0.3, 0.4) is 0 Å². The number of aromatic carboxylic acids is 1. The van der Waals surface area contributed by atoms with Gasteiger partial charge in [0.1, 0.15) is 12.1 Å². The number of carbonyl (C=O) groups is 7. The third-order valence-electron chi connectivity index (χ3n) is 8.90. The van der Waals surface area contributed by atoms with E-state index in [1.807, 2.05) is 6.92 Å². The van der Waals surface area contributed by atoms with Crippen LogP contribution in [0.15, 0.2) is 42.5 Å². The number of carboxylic acids is 3. The lowest BCUT2D eigenvalue weighted by Gasteiger charge is -2.29. The number of aliphatic hydroxyl groups is 1. The zero-order chi connectivity index (χ0) is 37.7. The summed E-state index contributed by atoms with van der Waals surface area (Å²) < 4.78 is 0. The summed E-state index contributed by atoms with van der Waals surface area (Å²) in [5.41, 5.74) is 0.326. The van der Waals surface area contributed by atoms with E-state index in [1.54, 1.807) is 6.07 Å². The van der Waals surface area contributed by atoms with Crippen molar-refractivity contribution in [2.45, 2.75) is 83.7 Å². The molecule has 0 aliphatic heterocycles. The third-order valence-corrected chi connectivity index (χ3v) is 8.90. The molecule has 2 aromatic rings. The van der Waals surface area contributed by atoms with E-state index >= 15 is 0 Å². The monoisotopic (exact) mass is 710 g/mol. The topological polar surface area (TPSA) is 240 Å². The summed E-state index contributed by atoms with van der Waals surface area (Å²) >= 11 is 0. The van der Waals surface area contributed by atoms with Gasteiger partial charge in [0.15, 0.2) is 0 Å². The van der Waals surface area contributed by atoms with E-state index in [-0.39, 0.29) is 47.5 Å². The second-order valence-electron chi connectivity index (χ2n) is 12.7. The number of carboxylic acid groups (broad SMARTS) is 3. The van der Waals surface area contributed by atoms with E-state index in [4.69, 9.17) is 0 Å². The minimum atomic E-state index is -1.83. The Balaban J connectivity index is 1.73. The first-order valence-corrected chi connectivity index (χ1v) is 17.0. The molecule has 2 atom stereocenters. The number of hydrogen-bond acceptors (Lipinski definition) is 8. The van der Waals surface area contributed by atoms with Crippen LogP contribution in [0.4, 0.5) is 11.4 Å². The Morgan fingerprint density at radius 1 is 0.882 bits per heavy atom. The van der Waals surface area contributed by atoms with E-state index in [2.05, 4.69) is 16.0 Å². The predicted octanol–water partition coefficient (Wildman–Crippen LogP) is 2.40. The molecule has 1 unspecified atom stereocenters. The Hall–Kier alpha value is -5.31. The molecule has 1 fully saturated rings. The third kappa shape index (κ3) is 11.4. The Kier molecular flexibility index (Phi) is 15.1. The van der Waals surface area contributed by atoms with E-state index in [1.165, 1.54) is 43.3 Å². The van der Waals surface area contributed by atoms with Crippen LogP contribution in [0.25, 0.3) is 0 Å². The summed E-state index contributed by atoms with van der Waals surface area (Å²) in [6, 6.07) is 7.95. The molecule has 7 N–H and O–H groups in total. The molecule has 0 radical (unpaired) electrons. The Morgan fingerprint density at radius 2 is 1.57 bits per heavy atom. The van der Waals surface area contributed by atoms with Crippen LogP contribution in [-0.4, -0.2) is 87.2 Å². The highest BCUT2D eigenvalue weighted by Crippen LogP contribution is 2.33. The molecule has 0 bridgehead atoms. The van der Waals surface area contributed by atoms with Gasteiger partial charge in [-0.05, 0) is 73.8 Å². The van der Waals surface area contributed by atoms with Gasteiger partial charge in [-0.3, -0.25) is 24.1 Å². The molecule has 0 heterocycles. The summed E-state index contributed by atoms with van der Waals surface area (Å²) in [7, 11) is 0. The molecular weight excluding hydrogens is 664 g/mol. The van der Waals surface area contributed by atoms with Crippen LogP contribution >= 0.6 is 0 Å². The number of hydrogen-bond donors (Lipinski definition) is 7. The number of anilines is 2. The van der Waals surface area contributed by atoms with Crippen molar-refractivity contribution in [3.63, 3.8) is 0 Å². The van der Waals surface area contributed by atoms with Crippen molar-refractivity contribution < 1.29 is 54.0 Å². The molecule has 51 heavy (non-hydrogen) atoms. The van der Waals surface area contributed by atoms with Gasteiger partial charge < -0.3 is 36.4 Å². The highest BCUT2D eigenvalue weighted by molar-refractivity contribution is 6.39. The molecule has 0 saturated heterocycles. The number of para-hydroxylation sites is 1. The van der Waals surface area contributed by atoms with Gasteiger partial charge in [0.05, 0.1) is 16.9 Å². The molecule has 1 aliphatic carbocycles. The van der Waals surface area contributed by atoms with Crippen LogP contribution in [-0.2, 0) is 41.6 Å². The average molecular weight is 711 g/mol. The van der Waals surface area contributed by atoms with Crippen molar-refractivity contribution >= 4 is 52.9 Å². The lowest BCUT2D eigenvalue weighted by atomic mass is 9.81. The summed E-state index contributed by atoms with van der Waals surface area (Å²) in [5.74, 6) is -7.15. The lowest BCUT2D eigenvalue weighted by Crippen LogP contribution is -2.48. The molecule has 2 aromatic carbocycles. The summed E-state index contributed by atoms with van der Waals surface area (Å²) in [6.45, 7) is 3.10. The lowest BCUT2D eigenvalue weighted by molar-refractivity contribution is -0.148. The smallest absolute Gasteiger partial charge is 0.395 e. The maximum absolute atomic E-state index is 13.3. The van der Waals surface area contributed by atoms with E-state index < -0.39 is 54.3 Å². The van der Waals surface area contributed by atoms with Gasteiger partial charge >= 0.3 is 23.8 Å². The number of nitrogens with one attached hydrogen (secondary N) is 3. The number of carbonyl (C=O) groups excluding carboxylic acids is 4. The standard InChI is InChI=1S/C36H46N4O11/c1-3-4-8-27(35(48)49)39-31(43)24-13-10-22(11-14-24)20-37-32(44)28(38-21(2)42)19-23-12-15-29(25(18-23)16-17-41)40(33(45)36(50)51)30-9-6-5-7-26(30)34(46)47/h5-7,9,12,15,18,22,24,27-28,41H,3-4,8,10-11,13-14,16-17,19-20H2,1-2H3,(H,37,44)(H,38,42)(H,39,43)(H,46,47)(H,48,49)(H,50,51)/t22?,24?,27-,28?/m0/s1. The summed E-state index contributed by atoms with van der Waals surface area (Å²) in [5, 5.41) is 46.7. The van der Waals surface area contributed by atoms with Crippen molar-refractivity contribution in [1.82, 2.24) is 16.0 Å². The van der Waals surface area contributed by atoms with Crippen LogP contribution < -0.4 is 20.9 Å². The van der Waals surface area contributed by atoms with E-state index in [0.29, 0.717) is 56.2 Å². The number of rotatable bonds is 17. The number of unbranched alkanes of at least 4 members (excludes halogenated alkanes) is 1. The van der Waals surface area contributed by atoms with Gasteiger partial charge in [0.2, 0.25) is 17.7 Å². The van der Waals surface area contributed by atoms with Crippen LogP contribution in [0.1, 0.15) is 80.3 Å². The average Bonchev–Trinajstić information content (AvgIpc) is 3.09. The van der Waals surface area contributed by atoms with Crippen LogP contribution in [0.5, 0.6) is 0 Å². The molecule has 1 saturated carbocycles. The van der Waals surface area contributed by atoms with E-state index in [0.717, 1.165) is 11.3 Å². The maximum Gasteiger partial charge on any atom is 0.395 e. The number of benzene rings is 2. The SMILES string of the molecule is CCCC[C@H](NC(=O)C1CCC(CNC(=O)C(Cc2ccc(N(C(=O)C(=O)O)c3ccccc3C(=O)O)c(CCO)c2)NC(C)=O)CC1)C(=O)O. The van der Waals surface area contributed by atoms with Gasteiger partial charge in [0, 0.05) is 32.4 Å². The van der Waals surface area contributed by atoms with E-state index in [9.17, 15) is 54.0 Å². The summed E-state index contributed by atoms with van der Waals surface area (Å²) in [6.07, 6.45) is 4.18. The first-order valence-electron chi connectivity index (χ1n) is 17.0. The Bertz CT molecular complexity index is 1600. The molecule has 0 spiro atoms. The first kappa shape index (κ1) is 40.1. The fourth-order valence-electron chi connectivity index (χ4n) is 6.24. The second-order valence-corrected chi connectivity index (χ2v) is 12.7. The largest absolute Gasteiger partial charge is 0.480 e. The number of nitrogens with zero attached hydrogens (tertiary/aromatic N) is 1. The Morgan fingerprint density at radius 3 is 2.16 bits per heavy atom. The van der Waals surface area contributed by atoms with Gasteiger partial charge in [0.25, 0.3) is 0 Å². The summed E-state index contributed by atoms with van der Waals surface area (Å²) in [4.78, 5) is 87.2. The van der Waals surface area contributed by atoms with Crippen molar-refractivity contribution in [2.24, 2.45) is 11.8 Å². The van der Waals surface area contributed by atoms with Crippen LogP contribution in [0, 0.1) is 11.8 Å². The van der Waals surface area contributed by atoms with Crippen molar-refractivity contribution in [1.29, 1.82) is 0 Å². The molecule has 0 aromatic heterocycles. The number of aliphatic hydroxyl groups excluding tert-OH is 1. The molecular formula is C36H46N4O11. The fourth-order valence-corrected chi connectivity index (χ4v) is 6.24. The predicted molar refractivity (Wildman–Crippen MR) is 184 cm³/mol.